The van der Waals surface area contributed by atoms with Crippen LogP contribution in [0.3, 0.4) is 0 Å². The molecule has 17 heavy (non-hydrogen) atoms. The minimum absolute atomic E-state index is 0.0656. The summed E-state index contributed by atoms with van der Waals surface area (Å²) < 4.78 is 0.542. The molecule has 0 amide bonds. The number of hydrogen-bond donors (Lipinski definition) is 1. The first-order valence-electron chi connectivity index (χ1n) is 5.31. The molecule has 0 aliphatic carbocycles. The van der Waals surface area contributed by atoms with E-state index in [-0.39, 0.29) is 18.6 Å². The summed E-state index contributed by atoms with van der Waals surface area (Å²) in [6, 6.07) is 0. The summed E-state index contributed by atoms with van der Waals surface area (Å²) >= 11 is 0.517. The number of aliphatic hydroxyl groups is 1. The number of quaternary nitrogens is 1. The summed E-state index contributed by atoms with van der Waals surface area (Å²) in [4.78, 5) is 33.2. The maximum Gasteiger partial charge on any atom is 0.203 e. The predicted octanol–water partition coefficient (Wildman–Crippen LogP) is 0.209. The topological polar surface area (TPSA) is 71.4 Å². The number of carbonyl (C=O) groups excluding carboxylic acids is 3. The molecule has 0 aromatic rings. The number of Topliss-reactive ketones (excluding diaryl/α,β-unsaturated/α-hetero) is 1. The van der Waals surface area contributed by atoms with Crippen LogP contribution in [-0.4, -0.2) is 59.4 Å². The largest absolute Gasteiger partial charge is 0.387 e. The average molecular weight is 262 g/mol. The summed E-state index contributed by atoms with van der Waals surface area (Å²) in [6.45, 7) is 1.74. The molecule has 0 fully saturated rings. The molecule has 0 heterocycles. The lowest BCUT2D eigenvalue weighted by molar-refractivity contribution is -0.873. The van der Waals surface area contributed by atoms with Gasteiger partial charge in [0, 0.05) is 6.42 Å². The van der Waals surface area contributed by atoms with Crippen LogP contribution < -0.4 is 0 Å². The van der Waals surface area contributed by atoms with Gasteiger partial charge in [-0.25, -0.2) is 0 Å². The summed E-state index contributed by atoms with van der Waals surface area (Å²) in [6.07, 6.45) is -1.06. The van der Waals surface area contributed by atoms with E-state index in [9.17, 15) is 19.5 Å². The zero-order chi connectivity index (χ0) is 13.6. The average Bonchev–Trinajstić information content (AvgIpc) is 1.95. The van der Waals surface area contributed by atoms with Crippen molar-refractivity contribution in [3.8, 4) is 0 Å². The lowest BCUT2D eigenvalue weighted by Crippen LogP contribution is -2.41. The van der Waals surface area contributed by atoms with Crippen molar-refractivity contribution in [1.82, 2.24) is 0 Å². The number of aliphatic hydroxyl groups excluding tert-OH is 1. The van der Waals surface area contributed by atoms with Gasteiger partial charge in [0.25, 0.3) is 0 Å². The molecular weight excluding hydrogens is 242 g/mol. The Balaban J connectivity index is 4.02. The fourth-order valence-corrected chi connectivity index (χ4v) is 2.10. The van der Waals surface area contributed by atoms with Gasteiger partial charge in [0.15, 0.2) is 5.12 Å². The molecule has 0 rings (SSSR count). The predicted molar refractivity (Wildman–Crippen MR) is 66.4 cm³/mol. The first-order chi connectivity index (χ1) is 7.60. The summed E-state index contributed by atoms with van der Waals surface area (Å²) in [7, 11) is 5.71. The van der Waals surface area contributed by atoms with Crippen molar-refractivity contribution in [2.75, 3.05) is 27.7 Å². The van der Waals surface area contributed by atoms with Crippen LogP contribution in [0.2, 0.25) is 0 Å². The van der Waals surface area contributed by atoms with Crippen LogP contribution in [0, 0.1) is 0 Å². The highest BCUT2D eigenvalue weighted by Gasteiger charge is 2.21. The van der Waals surface area contributed by atoms with Crippen molar-refractivity contribution in [2.24, 2.45) is 0 Å². The number of ketones is 1. The standard InChI is InChI=1S/C11H20NO4S/c1-8(13)5-10(15)17-11(16)6-9(14)7-12(2,3)4/h9,14H,5-7H2,1-4H3/q+1. The van der Waals surface area contributed by atoms with E-state index in [1.807, 2.05) is 21.1 Å². The van der Waals surface area contributed by atoms with Crippen LogP contribution in [0.25, 0.3) is 0 Å². The number of nitrogens with zero attached hydrogens (tertiary/aromatic N) is 1. The third-order valence-electron chi connectivity index (χ3n) is 1.78. The third-order valence-corrected chi connectivity index (χ3v) is 2.55. The Kier molecular flexibility index (Phi) is 6.59. The molecule has 0 bridgehead atoms. The first-order valence-corrected chi connectivity index (χ1v) is 6.13. The van der Waals surface area contributed by atoms with E-state index in [1.165, 1.54) is 6.92 Å². The van der Waals surface area contributed by atoms with E-state index in [0.29, 0.717) is 22.8 Å². The van der Waals surface area contributed by atoms with E-state index in [2.05, 4.69) is 0 Å². The Labute approximate surface area is 106 Å². The van der Waals surface area contributed by atoms with E-state index in [0.717, 1.165) is 0 Å². The molecular formula is C11H20NO4S+. The number of thioether (sulfide) groups is 1. The zero-order valence-electron chi connectivity index (χ0n) is 10.7. The smallest absolute Gasteiger partial charge is 0.203 e. The molecule has 1 N–H and O–H groups in total. The second kappa shape index (κ2) is 6.88. The van der Waals surface area contributed by atoms with Crippen LogP contribution in [0.15, 0.2) is 0 Å². The number of rotatable bonds is 6. The number of likely N-dealkylation sites (N-methyl/N-ethyl adjacent to an activating group) is 1. The Morgan fingerprint density at radius 3 is 2.12 bits per heavy atom. The van der Waals surface area contributed by atoms with Gasteiger partial charge < -0.3 is 9.59 Å². The van der Waals surface area contributed by atoms with Crippen LogP contribution in [0.1, 0.15) is 19.8 Å². The van der Waals surface area contributed by atoms with Crippen molar-refractivity contribution in [3.05, 3.63) is 0 Å². The molecule has 0 aliphatic heterocycles. The fourth-order valence-electron chi connectivity index (χ4n) is 1.30. The van der Waals surface area contributed by atoms with Gasteiger partial charge in [-0.15, -0.1) is 0 Å². The molecule has 0 radical (unpaired) electrons. The van der Waals surface area contributed by atoms with Crippen LogP contribution in [0.5, 0.6) is 0 Å². The molecule has 0 spiro atoms. The van der Waals surface area contributed by atoms with E-state index in [4.69, 9.17) is 0 Å². The molecule has 1 unspecified atom stereocenters. The van der Waals surface area contributed by atoms with Gasteiger partial charge in [0.05, 0.1) is 27.6 Å². The molecule has 0 aromatic carbocycles. The molecule has 5 nitrogen and oxygen atoms in total. The van der Waals surface area contributed by atoms with Gasteiger partial charge in [-0.2, -0.15) is 0 Å². The van der Waals surface area contributed by atoms with Gasteiger partial charge in [0.2, 0.25) is 5.12 Å². The highest BCUT2D eigenvalue weighted by Crippen LogP contribution is 2.12. The van der Waals surface area contributed by atoms with Gasteiger partial charge in [-0.05, 0) is 18.7 Å². The molecule has 0 aromatic heterocycles. The Morgan fingerprint density at radius 2 is 1.71 bits per heavy atom. The van der Waals surface area contributed by atoms with E-state index in [1.54, 1.807) is 0 Å². The molecule has 1 atom stereocenters. The lowest BCUT2D eigenvalue weighted by Gasteiger charge is -2.26. The normalized spacial score (nSPS) is 13.2. The van der Waals surface area contributed by atoms with E-state index >= 15 is 0 Å². The van der Waals surface area contributed by atoms with Gasteiger partial charge in [0.1, 0.15) is 18.4 Å². The third kappa shape index (κ3) is 10.2. The minimum Gasteiger partial charge on any atom is -0.387 e. The van der Waals surface area contributed by atoms with Crippen molar-refractivity contribution in [3.63, 3.8) is 0 Å². The number of hydrogen-bond acceptors (Lipinski definition) is 5. The Morgan fingerprint density at radius 1 is 1.18 bits per heavy atom. The quantitative estimate of drug-likeness (QED) is 0.547. The van der Waals surface area contributed by atoms with E-state index < -0.39 is 16.3 Å². The highest BCUT2D eigenvalue weighted by molar-refractivity contribution is 8.26. The molecule has 0 saturated heterocycles. The van der Waals surface area contributed by atoms with Crippen molar-refractivity contribution in [1.29, 1.82) is 0 Å². The maximum absolute atomic E-state index is 11.4. The van der Waals surface area contributed by atoms with Crippen LogP contribution in [0.4, 0.5) is 0 Å². The molecule has 0 aliphatic rings. The van der Waals surface area contributed by atoms with Crippen LogP contribution in [-0.2, 0) is 14.4 Å². The second-order valence-electron chi connectivity index (χ2n) is 5.06. The van der Waals surface area contributed by atoms with Crippen molar-refractivity contribution in [2.45, 2.75) is 25.9 Å². The monoisotopic (exact) mass is 262 g/mol. The minimum atomic E-state index is -0.764. The molecule has 0 saturated carbocycles. The SMILES string of the molecule is CC(=O)CC(=O)SC(=O)CC(O)C[N+](C)(C)C. The Hall–Kier alpha value is -0.720. The van der Waals surface area contributed by atoms with Gasteiger partial charge >= 0.3 is 0 Å². The molecule has 98 valence electrons. The number of carbonyl (C=O) groups is 3. The van der Waals surface area contributed by atoms with Crippen LogP contribution >= 0.6 is 11.8 Å². The maximum atomic E-state index is 11.4. The van der Waals surface area contributed by atoms with Crippen molar-refractivity contribution >= 4 is 27.8 Å². The first kappa shape index (κ1) is 16.3. The summed E-state index contributed by atoms with van der Waals surface area (Å²) in [5.41, 5.74) is 0. The summed E-state index contributed by atoms with van der Waals surface area (Å²) in [5.74, 6) is -0.262. The zero-order valence-corrected chi connectivity index (χ0v) is 11.5. The second-order valence-corrected chi connectivity index (χ2v) is 6.17. The lowest BCUT2D eigenvalue weighted by atomic mass is 10.2. The van der Waals surface area contributed by atoms with Gasteiger partial charge in [-0.1, -0.05) is 0 Å². The highest BCUT2D eigenvalue weighted by atomic mass is 32.2. The van der Waals surface area contributed by atoms with Crippen molar-refractivity contribution < 1.29 is 24.0 Å². The summed E-state index contributed by atoms with van der Waals surface area (Å²) in [5, 5.41) is 8.77. The molecule has 6 heteroatoms. The Bertz CT molecular complexity index is 309. The fraction of sp³-hybridized carbons (Fsp3) is 0.727. The van der Waals surface area contributed by atoms with Gasteiger partial charge in [-0.3, -0.25) is 14.4 Å².